The number of rotatable bonds is 8. The van der Waals surface area contributed by atoms with Crippen LogP contribution in [0.4, 0.5) is 21.5 Å². The first kappa shape index (κ1) is 23.6. The molecule has 0 radical (unpaired) electrons. The van der Waals surface area contributed by atoms with Crippen molar-refractivity contribution < 1.29 is 23.6 Å². The van der Waals surface area contributed by atoms with Crippen molar-refractivity contribution >= 4 is 35.0 Å². The van der Waals surface area contributed by atoms with Gasteiger partial charge in [0.1, 0.15) is 23.2 Å². The highest BCUT2D eigenvalue weighted by molar-refractivity contribution is 6.09. The molecule has 0 atom stereocenters. The average molecular weight is 460 g/mol. The predicted octanol–water partition coefficient (Wildman–Crippen LogP) is 4.30. The van der Waals surface area contributed by atoms with Crippen molar-refractivity contribution in [3.63, 3.8) is 0 Å². The molecule has 0 aromatic heterocycles. The molecule has 170 valence electrons. The number of nitrogens with one attached hydrogen (secondary N) is 2. The highest BCUT2D eigenvalue weighted by atomic mass is 19.1. The van der Waals surface area contributed by atoms with Gasteiger partial charge in [-0.3, -0.25) is 19.7 Å². The van der Waals surface area contributed by atoms with Gasteiger partial charge in [0.05, 0.1) is 10.6 Å². The molecule has 0 aliphatic rings. The first-order chi connectivity index (χ1) is 16.4. The number of nitro benzene ring substituents is 1. The Morgan fingerprint density at radius 1 is 1.06 bits per heavy atom. The number of hydrogen-bond acceptors (Lipinski definition) is 6. The van der Waals surface area contributed by atoms with Crippen LogP contribution in [0, 0.1) is 27.3 Å². The summed E-state index contributed by atoms with van der Waals surface area (Å²) in [7, 11) is 0. The Labute approximate surface area is 193 Å². The molecule has 3 aromatic carbocycles. The van der Waals surface area contributed by atoms with Gasteiger partial charge in [0, 0.05) is 17.8 Å². The summed E-state index contributed by atoms with van der Waals surface area (Å²) >= 11 is 0. The highest BCUT2D eigenvalue weighted by Crippen LogP contribution is 2.19. The second-order valence-electron chi connectivity index (χ2n) is 6.82. The summed E-state index contributed by atoms with van der Waals surface area (Å²) in [5, 5.41) is 25.0. The normalized spacial score (nSPS) is 10.6. The lowest BCUT2D eigenvalue weighted by molar-refractivity contribution is -0.384. The van der Waals surface area contributed by atoms with Gasteiger partial charge in [-0.2, -0.15) is 5.26 Å². The van der Waals surface area contributed by atoms with Crippen LogP contribution >= 0.6 is 0 Å². The van der Waals surface area contributed by atoms with E-state index in [2.05, 4.69) is 10.6 Å². The molecule has 2 N–H and O–H groups in total. The smallest absolute Gasteiger partial charge is 0.271 e. The van der Waals surface area contributed by atoms with Gasteiger partial charge in [0.15, 0.2) is 6.61 Å². The SMILES string of the molecule is N#CC(=Cc1ccc(OCC(=O)Nc2ccccc2F)cc1)C(=O)Nc1cccc([N+](=O)[O-])c1. The molecule has 0 saturated carbocycles. The number of nitrogens with zero attached hydrogens (tertiary/aromatic N) is 2. The molecule has 34 heavy (non-hydrogen) atoms. The van der Waals surface area contributed by atoms with E-state index in [-0.39, 0.29) is 29.2 Å². The topological polar surface area (TPSA) is 134 Å². The number of ether oxygens (including phenoxy) is 1. The van der Waals surface area contributed by atoms with Gasteiger partial charge in [-0.05, 0) is 42.0 Å². The Kier molecular flexibility index (Phi) is 7.65. The Balaban J connectivity index is 1.60. The Bertz CT molecular complexity index is 1300. The molecule has 10 heteroatoms. The van der Waals surface area contributed by atoms with Crippen molar-refractivity contribution in [1.29, 1.82) is 5.26 Å². The molecule has 0 spiro atoms. The van der Waals surface area contributed by atoms with E-state index >= 15 is 0 Å². The van der Waals surface area contributed by atoms with Crippen LogP contribution in [0.25, 0.3) is 6.08 Å². The van der Waals surface area contributed by atoms with Gasteiger partial charge in [-0.25, -0.2) is 4.39 Å². The molecule has 0 aliphatic heterocycles. The lowest BCUT2D eigenvalue weighted by atomic mass is 10.1. The van der Waals surface area contributed by atoms with Gasteiger partial charge < -0.3 is 15.4 Å². The summed E-state index contributed by atoms with van der Waals surface area (Å²) in [6, 6.07) is 19.1. The lowest BCUT2D eigenvalue weighted by Gasteiger charge is -2.08. The van der Waals surface area contributed by atoms with Gasteiger partial charge in [-0.15, -0.1) is 0 Å². The minimum absolute atomic E-state index is 0.0454. The maximum atomic E-state index is 13.6. The van der Waals surface area contributed by atoms with Crippen molar-refractivity contribution in [3.8, 4) is 11.8 Å². The third-order valence-electron chi connectivity index (χ3n) is 4.39. The van der Waals surface area contributed by atoms with Gasteiger partial charge in [0.2, 0.25) is 0 Å². The zero-order valence-electron chi connectivity index (χ0n) is 17.5. The lowest BCUT2D eigenvalue weighted by Crippen LogP contribution is -2.20. The largest absolute Gasteiger partial charge is 0.484 e. The van der Waals surface area contributed by atoms with Crippen LogP contribution in [0.3, 0.4) is 0 Å². The van der Waals surface area contributed by atoms with E-state index in [9.17, 15) is 29.4 Å². The fourth-order valence-electron chi connectivity index (χ4n) is 2.77. The number of nitriles is 1. The molecule has 0 aliphatic carbocycles. The Morgan fingerprint density at radius 2 is 1.79 bits per heavy atom. The van der Waals surface area contributed by atoms with Crippen LogP contribution in [-0.2, 0) is 9.59 Å². The number of hydrogen-bond donors (Lipinski definition) is 2. The number of anilines is 2. The molecule has 0 heterocycles. The third kappa shape index (κ3) is 6.48. The van der Waals surface area contributed by atoms with Crippen molar-refractivity contribution in [1.82, 2.24) is 0 Å². The van der Waals surface area contributed by atoms with Crippen LogP contribution in [-0.4, -0.2) is 23.3 Å². The number of carbonyl (C=O) groups is 2. The Hall–Kier alpha value is -5.04. The third-order valence-corrected chi connectivity index (χ3v) is 4.39. The van der Waals surface area contributed by atoms with E-state index in [1.807, 2.05) is 0 Å². The van der Waals surface area contributed by atoms with Crippen LogP contribution in [0.2, 0.25) is 0 Å². The summed E-state index contributed by atoms with van der Waals surface area (Å²) < 4.78 is 18.9. The summed E-state index contributed by atoms with van der Waals surface area (Å²) in [6.07, 6.45) is 1.33. The zero-order chi connectivity index (χ0) is 24.5. The van der Waals surface area contributed by atoms with Crippen molar-refractivity contribution in [2.75, 3.05) is 17.2 Å². The molecule has 0 bridgehead atoms. The van der Waals surface area contributed by atoms with Gasteiger partial charge in [-0.1, -0.05) is 30.3 Å². The van der Waals surface area contributed by atoms with Gasteiger partial charge >= 0.3 is 0 Å². The highest BCUT2D eigenvalue weighted by Gasteiger charge is 2.12. The van der Waals surface area contributed by atoms with E-state index in [4.69, 9.17) is 4.74 Å². The summed E-state index contributed by atoms with van der Waals surface area (Å²) in [5.41, 5.74) is 0.318. The molecule has 2 amide bonds. The maximum Gasteiger partial charge on any atom is 0.271 e. The molecule has 3 aromatic rings. The summed E-state index contributed by atoms with van der Waals surface area (Å²) in [4.78, 5) is 34.6. The molecular formula is C24H17FN4O5. The van der Waals surface area contributed by atoms with Gasteiger partial charge in [0.25, 0.3) is 17.5 Å². The van der Waals surface area contributed by atoms with Crippen molar-refractivity contribution in [2.24, 2.45) is 0 Å². The molecule has 0 unspecified atom stereocenters. The van der Waals surface area contributed by atoms with Crippen LogP contribution in [0.1, 0.15) is 5.56 Å². The quantitative estimate of drug-likeness (QED) is 0.223. The predicted molar refractivity (Wildman–Crippen MR) is 122 cm³/mol. The molecule has 3 rings (SSSR count). The Morgan fingerprint density at radius 3 is 2.47 bits per heavy atom. The number of halogens is 1. The van der Waals surface area contributed by atoms with E-state index in [1.54, 1.807) is 24.3 Å². The molecule has 0 fully saturated rings. The average Bonchev–Trinajstić information content (AvgIpc) is 2.83. The molecule has 0 saturated heterocycles. The van der Waals surface area contributed by atoms with E-state index in [0.29, 0.717) is 11.3 Å². The number of amides is 2. The van der Waals surface area contributed by atoms with E-state index in [0.717, 1.165) is 0 Å². The molecular weight excluding hydrogens is 443 g/mol. The number of carbonyl (C=O) groups excluding carboxylic acids is 2. The zero-order valence-corrected chi connectivity index (χ0v) is 17.5. The number of non-ortho nitro benzene ring substituents is 1. The molecule has 9 nitrogen and oxygen atoms in total. The summed E-state index contributed by atoms with van der Waals surface area (Å²) in [5.74, 6) is -1.48. The van der Waals surface area contributed by atoms with Crippen molar-refractivity contribution in [3.05, 3.63) is 99.9 Å². The minimum Gasteiger partial charge on any atom is -0.484 e. The maximum absolute atomic E-state index is 13.6. The standard InChI is InChI=1S/C24H17FN4O5/c25-21-6-1-2-7-22(21)28-23(30)15-34-20-10-8-16(9-11-20)12-17(14-26)24(31)27-18-4-3-5-19(13-18)29(32)33/h1-13H,15H2,(H,27,31)(H,28,30). The van der Waals surface area contributed by atoms with Crippen molar-refractivity contribution in [2.45, 2.75) is 0 Å². The summed E-state index contributed by atoms with van der Waals surface area (Å²) in [6.45, 7) is -0.349. The monoisotopic (exact) mass is 460 g/mol. The fourth-order valence-corrected chi connectivity index (χ4v) is 2.77. The number of para-hydroxylation sites is 1. The van der Waals surface area contributed by atoms with Crippen LogP contribution < -0.4 is 15.4 Å². The van der Waals surface area contributed by atoms with E-state index < -0.39 is 22.6 Å². The first-order valence-corrected chi connectivity index (χ1v) is 9.80. The first-order valence-electron chi connectivity index (χ1n) is 9.80. The van der Waals surface area contributed by atoms with E-state index in [1.165, 1.54) is 60.7 Å². The van der Waals surface area contributed by atoms with Crippen LogP contribution in [0.5, 0.6) is 5.75 Å². The number of nitro groups is 1. The minimum atomic E-state index is -0.729. The fraction of sp³-hybridized carbons (Fsp3) is 0.0417. The number of benzene rings is 3. The second kappa shape index (κ2) is 11.0. The second-order valence-corrected chi connectivity index (χ2v) is 6.82. The van der Waals surface area contributed by atoms with Crippen LogP contribution in [0.15, 0.2) is 78.4 Å².